The van der Waals surface area contributed by atoms with Crippen molar-refractivity contribution >= 4 is 33.4 Å². The number of pyridine rings is 1. The average molecular weight is 444 g/mol. The van der Waals surface area contributed by atoms with Gasteiger partial charge in [-0.15, -0.1) is 11.3 Å². The Morgan fingerprint density at radius 3 is 2.97 bits per heavy atom. The van der Waals surface area contributed by atoms with Crippen LogP contribution in [0.3, 0.4) is 0 Å². The number of fused-ring (bicyclic) bond motifs is 1. The lowest BCUT2D eigenvalue weighted by Gasteiger charge is -2.33. The Labute approximate surface area is 183 Å². The van der Waals surface area contributed by atoms with Gasteiger partial charge in [0.15, 0.2) is 0 Å². The van der Waals surface area contributed by atoms with E-state index in [1.165, 1.54) is 11.3 Å². The average Bonchev–Trinajstić information content (AvgIpc) is 3.42. The summed E-state index contributed by atoms with van der Waals surface area (Å²) in [6.45, 7) is 5.13. The predicted molar refractivity (Wildman–Crippen MR) is 116 cm³/mol. The molecular weight excluding hydrogens is 418 g/mol. The number of morpholine rings is 1. The number of amides is 2. The lowest BCUT2D eigenvalue weighted by molar-refractivity contribution is -0.0227. The molecule has 1 aliphatic rings. The molecule has 1 atom stereocenters. The summed E-state index contributed by atoms with van der Waals surface area (Å²) >= 11 is 1.29. The Morgan fingerprint density at radius 2 is 2.19 bits per heavy atom. The molecule has 3 aromatic heterocycles. The molecule has 3 aromatic rings. The van der Waals surface area contributed by atoms with Crippen LogP contribution in [0.1, 0.15) is 51.7 Å². The second-order valence-corrected chi connectivity index (χ2v) is 8.54. The van der Waals surface area contributed by atoms with Crippen LogP contribution in [0.15, 0.2) is 30.6 Å². The van der Waals surface area contributed by atoms with E-state index < -0.39 is 6.10 Å². The third-order valence-corrected chi connectivity index (χ3v) is 6.29. The molecule has 31 heavy (non-hydrogen) atoms. The Balaban J connectivity index is 1.66. The van der Waals surface area contributed by atoms with Gasteiger partial charge in [0.25, 0.3) is 11.8 Å². The van der Waals surface area contributed by atoms with E-state index >= 15 is 0 Å². The number of hydrogen-bond donors (Lipinski definition) is 2. The molecule has 1 saturated heterocycles. The molecule has 0 saturated carbocycles. The SMILES string of the molecule is CC(C)n1nccc1C(=O)N1CCO[C@@H](c2c(C(=O)NCCO)sc3ncccc23)C1. The first-order chi connectivity index (χ1) is 15.0. The van der Waals surface area contributed by atoms with Crippen LogP contribution in [0.2, 0.25) is 0 Å². The molecule has 0 radical (unpaired) electrons. The molecule has 4 heterocycles. The van der Waals surface area contributed by atoms with Crippen LogP contribution in [-0.4, -0.2) is 69.4 Å². The highest BCUT2D eigenvalue weighted by Crippen LogP contribution is 2.37. The predicted octanol–water partition coefficient (Wildman–Crippen LogP) is 2.01. The van der Waals surface area contributed by atoms with Gasteiger partial charge in [-0.3, -0.25) is 14.3 Å². The summed E-state index contributed by atoms with van der Waals surface area (Å²) in [5, 5.41) is 16.9. The molecule has 2 amide bonds. The van der Waals surface area contributed by atoms with Crippen LogP contribution in [0.4, 0.5) is 0 Å². The molecule has 1 fully saturated rings. The molecule has 0 spiro atoms. The first kappa shape index (κ1) is 21.4. The highest BCUT2D eigenvalue weighted by molar-refractivity contribution is 7.20. The van der Waals surface area contributed by atoms with Gasteiger partial charge in [0, 0.05) is 42.5 Å². The van der Waals surface area contributed by atoms with Crippen molar-refractivity contribution in [3.05, 3.63) is 46.7 Å². The molecule has 0 aromatic carbocycles. The zero-order valence-electron chi connectivity index (χ0n) is 17.4. The summed E-state index contributed by atoms with van der Waals surface area (Å²) in [7, 11) is 0. The Bertz CT molecular complexity index is 1090. The van der Waals surface area contributed by atoms with Crippen LogP contribution < -0.4 is 5.32 Å². The molecular formula is C21H25N5O4S. The first-order valence-electron chi connectivity index (χ1n) is 10.2. The van der Waals surface area contributed by atoms with Crippen LogP contribution in [0.5, 0.6) is 0 Å². The van der Waals surface area contributed by atoms with Gasteiger partial charge in [-0.1, -0.05) is 6.07 Å². The number of nitrogens with one attached hydrogen (secondary N) is 1. The maximum absolute atomic E-state index is 13.2. The molecule has 9 nitrogen and oxygen atoms in total. The third kappa shape index (κ3) is 4.18. The Kier molecular flexibility index (Phi) is 6.30. The summed E-state index contributed by atoms with van der Waals surface area (Å²) in [4.78, 5) is 33.4. The fourth-order valence-corrected chi connectivity index (χ4v) is 4.87. The van der Waals surface area contributed by atoms with Gasteiger partial charge < -0.3 is 20.1 Å². The van der Waals surface area contributed by atoms with Crippen LogP contribution in [0, 0.1) is 0 Å². The zero-order chi connectivity index (χ0) is 22.0. The van der Waals surface area contributed by atoms with Gasteiger partial charge in [0.05, 0.1) is 19.8 Å². The summed E-state index contributed by atoms with van der Waals surface area (Å²) in [6, 6.07) is 5.53. The molecule has 164 valence electrons. The minimum atomic E-state index is -0.457. The monoisotopic (exact) mass is 443 g/mol. The molecule has 1 aliphatic heterocycles. The number of ether oxygens (including phenoxy) is 1. The van der Waals surface area contributed by atoms with Crippen molar-refractivity contribution in [1.82, 2.24) is 25.0 Å². The van der Waals surface area contributed by atoms with Crippen molar-refractivity contribution < 1.29 is 19.4 Å². The van der Waals surface area contributed by atoms with E-state index in [4.69, 9.17) is 9.84 Å². The number of carbonyl (C=O) groups excluding carboxylic acids is 2. The van der Waals surface area contributed by atoms with E-state index in [2.05, 4.69) is 15.4 Å². The fraction of sp³-hybridized carbons (Fsp3) is 0.429. The quantitative estimate of drug-likeness (QED) is 0.603. The third-order valence-electron chi connectivity index (χ3n) is 5.16. The number of nitrogens with zero attached hydrogens (tertiary/aromatic N) is 4. The smallest absolute Gasteiger partial charge is 0.272 e. The summed E-state index contributed by atoms with van der Waals surface area (Å²) in [5.74, 6) is -0.388. The number of aliphatic hydroxyl groups excluding tert-OH is 1. The van der Waals surface area contributed by atoms with Crippen LogP contribution >= 0.6 is 11.3 Å². The fourth-order valence-electron chi connectivity index (χ4n) is 3.75. The van der Waals surface area contributed by atoms with E-state index in [0.717, 1.165) is 15.8 Å². The number of hydrogen-bond acceptors (Lipinski definition) is 7. The van der Waals surface area contributed by atoms with Gasteiger partial charge in [-0.2, -0.15) is 5.10 Å². The summed E-state index contributed by atoms with van der Waals surface area (Å²) in [6.07, 6.45) is 2.86. The van der Waals surface area contributed by atoms with Crippen molar-refractivity contribution in [1.29, 1.82) is 0 Å². The largest absolute Gasteiger partial charge is 0.395 e. The minimum absolute atomic E-state index is 0.0690. The Morgan fingerprint density at radius 1 is 1.35 bits per heavy atom. The highest BCUT2D eigenvalue weighted by Gasteiger charge is 2.33. The lowest BCUT2D eigenvalue weighted by Crippen LogP contribution is -2.43. The van der Waals surface area contributed by atoms with E-state index in [1.807, 2.05) is 26.0 Å². The first-order valence-corrected chi connectivity index (χ1v) is 11.0. The van der Waals surface area contributed by atoms with E-state index in [0.29, 0.717) is 30.3 Å². The molecule has 0 unspecified atom stereocenters. The molecule has 0 bridgehead atoms. The maximum atomic E-state index is 13.2. The van der Waals surface area contributed by atoms with Gasteiger partial charge in [0.1, 0.15) is 21.5 Å². The maximum Gasteiger partial charge on any atom is 0.272 e. The number of aliphatic hydroxyl groups is 1. The Hall–Kier alpha value is -2.82. The molecule has 4 rings (SSSR count). The van der Waals surface area contributed by atoms with E-state index in [-0.39, 0.29) is 31.0 Å². The van der Waals surface area contributed by atoms with Gasteiger partial charge in [0.2, 0.25) is 0 Å². The van der Waals surface area contributed by atoms with Crippen molar-refractivity contribution in [2.45, 2.75) is 26.0 Å². The summed E-state index contributed by atoms with van der Waals surface area (Å²) < 4.78 is 7.75. The number of rotatable bonds is 6. The topological polar surface area (TPSA) is 110 Å². The normalized spacial score (nSPS) is 16.8. The summed E-state index contributed by atoms with van der Waals surface area (Å²) in [5.41, 5.74) is 1.27. The van der Waals surface area contributed by atoms with Gasteiger partial charge in [-0.25, -0.2) is 4.98 Å². The molecule has 2 N–H and O–H groups in total. The lowest BCUT2D eigenvalue weighted by atomic mass is 10.0. The van der Waals surface area contributed by atoms with E-state index in [9.17, 15) is 9.59 Å². The van der Waals surface area contributed by atoms with Crippen LogP contribution in [0.25, 0.3) is 10.2 Å². The molecule has 0 aliphatic carbocycles. The number of carbonyl (C=O) groups is 2. The number of thiophene rings is 1. The number of aromatic nitrogens is 3. The van der Waals surface area contributed by atoms with E-state index in [1.54, 1.807) is 28.0 Å². The van der Waals surface area contributed by atoms with Crippen LogP contribution in [-0.2, 0) is 4.74 Å². The zero-order valence-corrected chi connectivity index (χ0v) is 18.3. The van der Waals surface area contributed by atoms with Crippen molar-refractivity contribution in [2.75, 3.05) is 32.8 Å². The van der Waals surface area contributed by atoms with Crippen molar-refractivity contribution in [2.24, 2.45) is 0 Å². The van der Waals surface area contributed by atoms with Gasteiger partial charge in [-0.05, 0) is 26.0 Å². The standard InChI is InChI=1S/C21H25N5O4S/c1-13(2)26-15(5-7-24-26)21(29)25-9-11-30-16(12-25)17-14-4-3-6-23-20(14)31-18(17)19(28)22-8-10-27/h3-7,13,16,27H,8-12H2,1-2H3,(H,22,28)/t16-/m1/s1. The highest BCUT2D eigenvalue weighted by atomic mass is 32.1. The minimum Gasteiger partial charge on any atom is -0.395 e. The second-order valence-electron chi connectivity index (χ2n) is 7.55. The van der Waals surface area contributed by atoms with Crippen molar-refractivity contribution in [3.63, 3.8) is 0 Å². The van der Waals surface area contributed by atoms with Gasteiger partial charge >= 0.3 is 0 Å². The van der Waals surface area contributed by atoms with Crippen molar-refractivity contribution in [3.8, 4) is 0 Å². The molecule has 10 heteroatoms. The second kappa shape index (κ2) is 9.13.